The van der Waals surface area contributed by atoms with Crippen molar-refractivity contribution in [3.05, 3.63) is 68.4 Å². The minimum Gasteiger partial charge on any atom is -0.306 e. The summed E-state index contributed by atoms with van der Waals surface area (Å²) in [7, 11) is 0. The molecule has 1 nitrogen and oxygen atoms in total. The molecule has 2 rings (SSSR count). The molecular formula is C16H16Br2FN. The van der Waals surface area contributed by atoms with E-state index in [1.165, 1.54) is 17.7 Å². The standard InChI is InChI=1S/C16H16Br2FN/c1-2-16(11-3-6-13(17)7-4-11)20-10-12-5-8-14(19)9-15(12)18/h3-9,16,20H,2,10H2,1H3. The smallest absolute Gasteiger partial charge is 0.124 e. The van der Waals surface area contributed by atoms with Gasteiger partial charge in [-0.25, -0.2) is 4.39 Å². The number of halogens is 3. The Balaban J connectivity index is 2.05. The molecule has 0 amide bonds. The largest absolute Gasteiger partial charge is 0.306 e. The summed E-state index contributed by atoms with van der Waals surface area (Å²) < 4.78 is 14.9. The molecule has 0 saturated carbocycles. The maximum Gasteiger partial charge on any atom is 0.124 e. The van der Waals surface area contributed by atoms with Crippen molar-refractivity contribution in [2.24, 2.45) is 0 Å². The first-order valence-corrected chi connectivity index (χ1v) is 8.11. The third-order valence-corrected chi connectivity index (χ3v) is 4.50. The molecule has 0 aromatic heterocycles. The van der Waals surface area contributed by atoms with Crippen molar-refractivity contribution in [1.29, 1.82) is 0 Å². The predicted molar refractivity (Wildman–Crippen MR) is 88.1 cm³/mol. The van der Waals surface area contributed by atoms with Crippen LogP contribution in [0, 0.1) is 5.82 Å². The minimum absolute atomic E-state index is 0.222. The van der Waals surface area contributed by atoms with Crippen LogP contribution in [0.25, 0.3) is 0 Å². The summed E-state index contributed by atoms with van der Waals surface area (Å²) in [6.07, 6.45) is 1.00. The van der Waals surface area contributed by atoms with E-state index in [2.05, 4.69) is 56.2 Å². The molecule has 2 aromatic carbocycles. The molecule has 0 saturated heterocycles. The highest BCUT2D eigenvalue weighted by Crippen LogP contribution is 2.22. The van der Waals surface area contributed by atoms with Crippen LogP contribution in [0.2, 0.25) is 0 Å². The molecule has 4 heteroatoms. The molecule has 0 radical (unpaired) electrons. The average Bonchev–Trinajstić information content (AvgIpc) is 2.43. The van der Waals surface area contributed by atoms with Crippen molar-refractivity contribution in [2.75, 3.05) is 0 Å². The number of nitrogens with one attached hydrogen (secondary N) is 1. The topological polar surface area (TPSA) is 12.0 Å². The third-order valence-electron chi connectivity index (χ3n) is 3.23. The van der Waals surface area contributed by atoms with Gasteiger partial charge in [-0.3, -0.25) is 0 Å². The number of rotatable bonds is 5. The Labute approximate surface area is 135 Å². The SMILES string of the molecule is CCC(NCc1ccc(F)cc1Br)c1ccc(Br)cc1. The van der Waals surface area contributed by atoms with Crippen LogP contribution in [-0.4, -0.2) is 0 Å². The van der Waals surface area contributed by atoms with Gasteiger partial charge in [0, 0.05) is 21.5 Å². The Morgan fingerprint density at radius 1 is 1.10 bits per heavy atom. The second kappa shape index (κ2) is 7.34. The molecule has 1 atom stereocenters. The highest BCUT2D eigenvalue weighted by molar-refractivity contribution is 9.10. The average molecular weight is 401 g/mol. The van der Waals surface area contributed by atoms with Crippen LogP contribution in [-0.2, 0) is 6.54 Å². The van der Waals surface area contributed by atoms with E-state index >= 15 is 0 Å². The first kappa shape index (κ1) is 15.7. The van der Waals surface area contributed by atoms with E-state index in [4.69, 9.17) is 0 Å². The lowest BCUT2D eigenvalue weighted by molar-refractivity contribution is 0.517. The van der Waals surface area contributed by atoms with Gasteiger partial charge < -0.3 is 5.32 Å². The Morgan fingerprint density at radius 2 is 1.80 bits per heavy atom. The van der Waals surface area contributed by atoms with Crippen LogP contribution in [0.1, 0.15) is 30.5 Å². The van der Waals surface area contributed by atoms with Gasteiger partial charge in [0.05, 0.1) is 0 Å². The normalized spacial score (nSPS) is 12.4. The van der Waals surface area contributed by atoms with Gasteiger partial charge in [0.1, 0.15) is 5.82 Å². The number of benzene rings is 2. The fourth-order valence-corrected chi connectivity index (χ4v) is 2.85. The van der Waals surface area contributed by atoms with Crippen LogP contribution in [0.15, 0.2) is 51.4 Å². The van der Waals surface area contributed by atoms with E-state index < -0.39 is 0 Å². The quantitative estimate of drug-likeness (QED) is 0.689. The summed E-state index contributed by atoms with van der Waals surface area (Å²) in [4.78, 5) is 0. The van der Waals surface area contributed by atoms with Crippen LogP contribution in [0.3, 0.4) is 0 Å². The molecule has 0 heterocycles. The molecule has 106 valence electrons. The van der Waals surface area contributed by atoms with E-state index in [9.17, 15) is 4.39 Å². The molecule has 0 aliphatic heterocycles. The summed E-state index contributed by atoms with van der Waals surface area (Å²) >= 11 is 6.85. The van der Waals surface area contributed by atoms with Crippen molar-refractivity contribution >= 4 is 31.9 Å². The summed E-state index contributed by atoms with van der Waals surface area (Å²) in [5.74, 6) is -0.222. The predicted octanol–water partition coefficient (Wildman–Crippen LogP) is 5.59. The zero-order valence-corrected chi connectivity index (χ0v) is 14.3. The van der Waals surface area contributed by atoms with Crippen LogP contribution >= 0.6 is 31.9 Å². The van der Waals surface area contributed by atoms with E-state index in [1.54, 1.807) is 6.07 Å². The van der Waals surface area contributed by atoms with Crippen LogP contribution in [0.5, 0.6) is 0 Å². The van der Waals surface area contributed by atoms with Crippen molar-refractivity contribution in [1.82, 2.24) is 5.32 Å². The lowest BCUT2D eigenvalue weighted by Gasteiger charge is -2.18. The second-order valence-corrected chi connectivity index (χ2v) is 6.40. The monoisotopic (exact) mass is 399 g/mol. The Morgan fingerprint density at radius 3 is 2.40 bits per heavy atom. The molecule has 0 fully saturated rings. The summed E-state index contributed by atoms with van der Waals surface area (Å²) in [5, 5.41) is 3.51. The maximum absolute atomic E-state index is 13.1. The van der Waals surface area contributed by atoms with Gasteiger partial charge in [-0.15, -0.1) is 0 Å². The van der Waals surface area contributed by atoms with Gasteiger partial charge in [-0.1, -0.05) is 57.0 Å². The maximum atomic E-state index is 13.1. The summed E-state index contributed by atoms with van der Waals surface area (Å²) in [5.41, 5.74) is 2.32. The Bertz CT molecular complexity index is 569. The van der Waals surface area contributed by atoms with E-state index in [0.717, 1.165) is 20.9 Å². The molecular weight excluding hydrogens is 385 g/mol. The highest BCUT2D eigenvalue weighted by atomic mass is 79.9. The molecule has 20 heavy (non-hydrogen) atoms. The molecule has 1 N–H and O–H groups in total. The first-order chi connectivity index (χ1) is 9.60. The molecule has 2 aromatic rings. The van der Waals surface area contributed by atoms with Crippen molar-refractivity contribution in [2.45, 2.75) is 25.9 Å². The molecule has 0 bridgehead atoms. The zero-order chi connectivity index (χ0) is 14.5. The van der Waals surface area contributed by atoms with Gasteiger partial charge in [0.2, 0.25) is 0 Å². The van der Waals surface area contributed by atoms with E-state index in [0.29, 0.717) is 12.6 Å². The minimum atomic E-state index is -0.222. The lowest BCUT2D eigenvalue weighted by Crippen LogP contribution is -2.20. The van der Waals surface area contributed by atoms with Crippen LogP contribution < -0.4 is 5.32 Å². The molecule has 0 aliphatic carbocycles. The van der Waals surface area contributed by atoms with Gasteiger partial charge in [0.15, 0.2) is 0 Å². The van der Waals surface area contributed by atoms with Gasteiger partial charge in [0.25, 0.3) is 0 Å². The van der Waals surface area contributed by atoms with Gasteiger partial charge >= 0.3 is 0 Å². The highest BCUT2D eigenvalue weighted by Gasteiger charge is 2.09. The van der Waals surface area contributed by atoms with E-state index in [-0.39, 0.29) is 5.82 Å². The fourth-order valence-electron chi connectivity index (χ4n) is 2.09. The summed E-state index contributed by atoms with van der Waals surface area (Å²) in [6.45, 7) is 2.86. The summed E-state index contributed by atoms with van der Waals surface area (Å²) in [6, 6.07) is 13.4. The molecule has 0 spiro atoms. The van der Waals surface area contributed by atoms with Gasteiger partial charge in [-0.2, -0.15) is 0 Å². The van der Waals surface area contributed by atoms with E-state index in [1.807, 2.05) is 12.1 Å². The number of hydrogen-bond donors (Lipinski definition) is 1. The first-order valence-electron chi connectivity index (χ1n) is 6.53. The third kappa shape index (κ3) is 4.14. The van der Waals surface area contributed by atoms with Crippen LogP contribution in [0.4, 0.5) is 4.39 Å². The molecule has 0 aliphatic rings. The van der Waals surface area contributed by atoms with Gasteiger partial charge in [-0.05, 0) is 41.8 Å². The molecule has 1 unspecified atom stereocenters. The lowest BCUT2D eigenvalue weighted by atomic mass is 10.0. The van der Waals surface area contributed by atoms with Crippen molar-refractivity contribution in [3.8, 4) is 0 Å². The zero-order valence-electron chi connectivity index (χ0n) is 11.2. The number of hydrogen-bond acceptors (Lipinski definition) is 1. The second-order valence-electron chi connectivity index (χ2n) is 4.63. The Hall–Kier alpha value is -0.710. The van der Waals surface area contributed by atoms with Crippen molar-refractivity contribution in [3.63, 3.8) is 0 Å². The fraction of sp³-hybridized carbons (Fsp3) is 0.250. The Kier molecular flexibility index (Phi) is 5.75. The van der Waals surface area contributed by atoms with Crippen molar-refractivity contribution < 1.29 is 4.39 Å².